The molecule has 3 unspecified atom stereocenters. The fourth-order valence-electron chi connectivity index (χ4n) is 6.55. The van der Waals surface area contributed by atoms with E-state index in [2.05, 4.69) is 19.9 Å². The lowest BCUT2D eigenvalue weighted by molar-refractivity contribution is -0.116. The van der Waals surface area contributed by atoms with Gasteiger partial charge in [-0.3, -0.25) is 9.59 Å². The van der Waals surface area contributed by atoms with Gasteiger partial charge in [-0.25, -0.2) is 0 Å². The number of hydrogen-bond acceptors (Lipinski definition) is 3. The molecule has 1 N–H and O–H groups in total. The first-order valence-electron chi connectivity index (χ1n) is 10.2. The van der Waals surface area contributed by atoms with Gasteiger partial charge in [-0.2, -0.15) is 0 Å². The van der Waals surface area contributed by atoms with E-state index >= 15 is 0 Å². The Morgan fingerprint density at radius 1 is 1.35 bits per heavy atom. The molecule has 2 saturated carbocycles. The van der Waals surface area contributed by atoms with E-state index in [9.17, 15) is 14.7 Å². The van der Waals surface area contributed by atoms with Gasteiger partial charge in [0.15, 0.2) is 11.6 Å². The summed E-state index contributed by atoms with van der Waals surface area (Å²) >= 11 is 0. The molecule has 0 aliphatic heterocycles. The van der Waals surface area contributed by atoms with Crippen LogP contribution in [0.3, 0.4) is 0 Å². The summed E-state index contributed by atoms with van der Waals surface area (Å²) in [5, 5.41) is 11.4. The number of carbonyl (C=O) groups excluding carboxylic acids is 2. The Balaban J connectivity index is 1.71. The summed E-state index contributed by atoms with van der Waals surface area (Å²) in [6.07, 6.45) is 12.4. The van der Waals surface area contributed by atoms with Crippen molar-refractivity contribution in [1.82, 2.24) is 0 Å². The van der Waals surface area contributed by atoms with Crippen molar-refractivity contribution >= 4 is 11.6 Å². The molecule has 0 amide bonds. The Kier molecular flexibility index (Phi) is 4.15. The number of rotatable bonds is 2. The summed E-state index contributed by atoms with van der Waals surface area (Å²) in [5.41, 5.74) is 1.70. The molecule has 3 heteroatoms. The summed E-state index contributed by atoms with van der Waals surface area (Å²) in [7, 11) is 0. The Bertz CT molecular complexity index is 743. The van der Waals surface area contributed by atoms with Gasteiger partial charge in [-0.1, -0.05) is 38.5 Å². The van der Waals surface area contributed by atoms with E-state index in [0.717, 1.165) is 31.3 Å². The van der Waals surface area contributed by atoms with E-state index in [-0.39, 0.29) is 28.3 Å². The zero-order valence-corrected chi connectivity index (χ0v) is 16.1. The number of ketones is 2. The van der Waals surface area contributed by atoms with Crippen molar-refractivity contribution in [3.63, 3.8) is 0 Å². The van der Waals surface area contributed by atoms with Crippen molar-refractivity contribution in [2.45, 2.75) is 65.4 Å². The van der Waals surface area contributed by atoms with E-state index in [4.69, 9.17) is 0 Å². The van der Waals surface area contributed by atoms with Gasteiger partial charge in [0.2, 0.25) is 0 Å². The van der Waals surface area contributed by atoms with Crippen LogP contribution in [0.15, 0.2) is 35.5 Å². The van der Waals surface area contributed by atoms with E-state index in [0.29, 0.717) is 24.7 Å². The van der Waals surface area contributed by atoms with Gasteiger partial charge in [0.1, 0.15) is 0 Å². The molecule has 26 heavy (non-hydrogen) atoms. The molecule has 0 aromatic carbocycles. The molecule has 0 spiro atoms. The van der Waals surface area contributed by atoms with Crippen LogP contribution in [0.5, 0.6) is 0 Å². The highest BCUT2D eigenvalue weighted by molar-refractivity contribution is 6.01. The minimum atomic E-state index is -0.451. The van der Waals surface area contributed by atoms with Crippen LogP contribution in [0, 0.1) is 28.6 Å². The molecule has 6 atom stereocenters. The zero-order valence-electron chi connectivity index (χ0n) is 16.1. The molecule has 4 rings (SSSR count). The van der Waals surface area contributed by atoms with Crippen molar-refractivity contribution in [3.8, 4) is 0 Å². The fourth-order valence-corrected chi connectivity index (χ4v) is 6.55. The van der Waals surface area contributed by atoms with Crippen LogP contribution < -0.4 is 0 Å². The van der Waals surface area contributed by atoms with Gasteiger partial charge in [-0.15, -0.1) is 0 Å². The van der Waals surface area contributed by atoms with Crippen molar-refractivity contribution < 1.29 is 14.7 Å². The molecule has 0 aromatic heterocycles. The SMILES string of the molecule is CCC(=O)C1=CCC2CC3CCC4=CC(=O)C=C[C@]4(C)C3[C@@H](O)C[C@]12C. The first-order valence-corrected chi connectivity index (χ1v) is 10.2. The predicted molar refractivity (Wildman–Crippen MR) is 101 cm³/mol. The molecular formula is C23H30O3. The van der Waals surface area contributed by atoms with Crippen molar-refractivity contribution in [2.24, 2.45) is 28.6 Å². The highest BCUT2D eigenvalue weighted by Crippen LogP contribution is 2.61. The molecule has 0 aromatic rings. The van der Waals surface area contributed by atoms with Gasteiger partial charge >= 0.3 is 0 Å². The number of allylic oxidation sites excluding steroid dienone is 6. The largest absolute Gasteiger partial charge is 0.393 e. The van der Waals surface area contributed by atoms with Crippen LogP contribution in [0.25, 0.3) is 0 Å². The summed E-state index contributed by atoms with van der Waals surface area (Å²) in [4.78, 5) is 24.4. The summed E-state index contributed by atoms with van der Waals surface area (Å²) in [6.45, 7) is 6.32. The molecule has 0 heterocycles. The minimum Gasteiger partial charge on any atom is -0.393 e. The van der Waals surface area contributed by atoms with Crippen LogP contribution in [0.2, 0.25) is 0 Å². The van der Waals surface area contributed by atoms with Crippen LogP contribution >= 0.6 is 0 Å². The van der Waals surface area contributed by atoms with Crippen LogP contribution in [-0.4, -0.2) is 22.8 Å². The van der Waals surface area contributed by atoms with Crippen molar-refractivity contribution in [3.05, 3.63) is 35.5 Å². The Morgan fingerprint density at radius 3 is 2.85 bits per heavy atom. The third-order valence-corrected chi connectivity index (χ3v) is 7.97. The van der Waals surface area contributed by atoms with E-state index < -0.39 is 6.10 Å². The maximum Gasteiger partial charge on any atom is 0.178 e. The van der Waals surface area contributed by atoms with E-state index in [1.54, 1.807) is 12.2 Å². The lowest BCUT2D eigenvalue weighted by Gasteiger charge is -2.49. The monoisotopic (exact) mass is 354 g/mol. The average molecular weight is 354 g/mol. The maximum absolute atomic E-state index is 12.5. The molecule has 0 radical (unpaired) electrons. The highest BCUT2D eigenvalue weighted by atomic mass is 16.3. The van der Waals surface area contributed by atoms with Gasteiger partial charge < -0.3 is 5.11 Å². The second-order valence-electron chi connectivity index (χ2n) is 9.26. The molecular weight excluding hydrogens is 324 g/mol. The van der Waals surface area contributed by atoms with Gasteiger partial charge in [-0.05, 0) is 61.7 Å². The van der Waals surface area contributed by atoms with E-state index in [1.165, 1.54) is 5.57 Å². The number of aliphatic hydroxyl groups excluding tert-OH is 1. The number of hydrogen-bond donors (Lipinski definition) is 1. The smallest absolute Gasteiger partial charge is 0.178 e. The summed E-state index contributed by atoms with van der Waals surface area (Å²) in [5.74, 6) is 1.33. The number of Topliss-reactive ketones (excluding diaryl/α,β-unsaturated/α-hetero) is 1. The molecule has 0 saturated heterocycles. The average Bonchev–Trinajstić information content (AvgIpc) is 2.84. The highest BCUT2D eigenvalue weighted by Gasteiger charge is 2.55. The summed E-state index contributed by atoms with van der Waals surface area (Å²) in [6, 6.07) is 0. The minimum absolute atomic E-state index is 0.0710. The Hall–Kier alpha value is -1.48. The normalized spacial score (nSPS) is 44.4. The standard InChI is InChI=1S/C23H30O3/c1-4-19(25)18-8-7-15-11-14-5-6-16-12-17(24)9-10-22(16,2)21(14)20(26)13-23(15,18)3/h8-10,12,14-15,20-21,26H,4-7,11,13H2,1-3H3/t14?,15?,20-,21?,22-,23-/m0/s1. The third kappa shape index (κ3) is 2.43. The van der Waals surface area contributed by atoms with Crippen molar-refractivity contribution in [1.29, 1.82) is 0 Å². The van der Waals surface area contributed by atoms with Gasteiger partial charge in [0.25, 0.3) is 0 Å². The molecule has 3 nitrogen and oxygen atoms in total. The predicted octanol–water partition coefficient (Wildman–Crippen LogP) is 4.17. The number of fused-ring (bicyclic) bond motifs is 4. The van der Waals surface area contributed by atoms with Crippen LogP contribution in [-0.2, 0) is 9.59 Å². The molecule has 4 aliphatic rings. The maximum atomic E-state index is 12.5. The molecule has 2 fully saturated rings. The quantitative estimate of drug-likeness (QED) is 0.810. The third-order valence-electron chi connectivity index (χ3n) is 7.97. The number of carbonyl (C=O) groups is 2. The lowest BCUT2D eigenvalue weighted by Crippen LogP contribution is -2.45. The van der Waals surface area contributed by atoms with E-state index in [1.807, 2.05) is 13.0 Å². The molecule has 4 aliphatic carbocycles. The Morgan fingerprint density at radius 2 is 2.12 bits per heavy atom. The fraction of sp³-hybridized carbons (Fsp3) is 0.652. The zero-order chi connectivity index (χ0) is 18.7. The first kappa shape index (κ1) is 17.9. The van der Waals surface area contributed by atoms with Crippen molar-refractivity contribution in [2.75, 3.05) is 0 Å². The van der Waals surface area contributed by atoms with Crippen LogP contribution in [0.1, 0.15) is 59.3 Å². The second-order valence-corrected chi connectivity index (χ2v) is 9.26. The first-order chi connectivity index (χ1) is 12.3. The molecule has 0 bridgehead atoms. The van der Waals surface area contributed by atoms with Gasteiger partial charge in [0.05, 0.1) is 6.10 Å². The summed E-state index contributed by atoms with van der Waals surface area (Å²) < 4.78 is 0. The van der Waals surface area contributed by atoms with Crippen LogP contribution in [0.4, 0.5) is 0 Å². The van der Waals surface area contributed by atoms with Gasteiger partial charge in [0, 0.05) is 23.2 Å². The number of aliphatic hydroxyl groups is 1. The lowest BCUT2D eigenvalue weighted by atomic mass is 9.56. The Labute approximate surface area is 156 Å². The second kappa shape index (κ2) is 6.02. The topological polar surface area (TPSA) is 54.4 Å². The molecule has 140 valence electrons.